The fourth-order valence-corrected chi connectivity index (χ4v) is 3.15. The number of fused-ring (bicyclic) bond motifs is 1. The lowest BCUT2D eigenvalue weighted by atomic mass is 9.87. The molecule has 2 aromatic rings. The van der Waals surface area contributed by atoms with Crippen LogP contribution in [-0.4, -0.2) is 30.4 Å². The summed E-state index contributed by atoms with van der Waals surface area (Å²) in [6.45, 7) is 4.50. The predicted octanol–water partition coefficient (Wildman–Crippen LogP) is 2.90. The van der Waals surface area contributed by atoms with Gasteiger partial charge in [-0.3, -0.25) is 4.79 Å². The molecular weight excluding hydrogens is 260 g/mol. The molecule has 0 radical (unpaired) electrons. The van der Waals surface area contributed by atoms with Gasteiger partial charge in [0.1, 0.15) is 0 Å². The summed E-state index contributed by atoms with van der Waals surface area (Å²) in [6.07, 6.45) is 1.04. The number of likely N-dealkylation sites (tertiary alicyclic amines) is 1. The number of piperidine rings is 1. The van der Waals surface area contributed by atoms with Crippen LogP contribution in [0.2, 0.25) is 0 Å². The molecule has 1 amide bonds. The van der Waals surface area contributed by atoms with E-state index in [0.717, 1.165) is 30.5 Å². The standard InChI is InChI=1S/C18H22N2O/c1-13-8-9-20(12-17(13)11-19)18(21)16-7-6-14-4-2-3-5-15(14)10-16/h2-7,10,13,17H,8-9,11-12,19H2,1H3. The van der Waals surface area contributed by atoms with Crippen LogP contribution in [0, 0.1) is 11.8 Å². The molecule has 0 aliphatic carbocycles. The van der Waals surface area contributed by atoms with Crippen LogP contribution < -0.4 is 5.73 Å². The van der Waals surface area contributed by atoms with Crippen LogP contribution in [0.1, 0.15) is 23.7 Å². The summed E-state index contributed by atoms with van der Waals surface area (Å²) in [4.78, 5) is 14.7. The fourth-order valence-electron chi connectivity index (χ4n) is 3.15. The lowest BCUT2D eigenvalue weighted by molar-refractivity contribution is 0.0618. The van der Waals surface area contributed by atoms with Gasteiger partial charge in [0.25, 0.3) is 5.91 Å². The second-order valence-electron chi connectivity index (χ2n) is 6.07. The zero-order chi connectivity index (χ0) is 14.8. The quantitative estimate of drug-likeness (QED) is 0.920. The number of carbonyl (C=O) groups excluding carboxylic acids is 1. The summed E-state index contributed by atoms with van der Waals surface area (Å²) in [6, 6.07) is 14.1. The number of nitrogens with zero attached hydrogens (tertiary/aromatic N) is 1. The molecule has 1 heterocycles. The molecule has 0 bridgehead atoms. The molecule has 2 aromatic carbocycles. The van der Waals surface area contributed by atoms with Gasteiger partial charge in [-0.2, -0.15) is 0 Å². The van der Waals surface area contributed by atoms with Gasteiger partial charge in [0, 0.05) is 18.7 Å². The lowest BCUT2D eigenvalue weighted by Crippen LogP contribution is -2.45. The molecule has 110 valence electrons. The van der Waals surface area contributed by atoms with Crippen LogP contribution in [0.3, 0.4) is 0 Å². The minimum atomic E-state index is 0.131. The average Bonchev–Trinajstić information content (AvgIpc) is 2.54. The summed E-state index contributed by atoms with van der Waals surface area (Å²) >= 11 is 0. The van der Waals surface area contributed by atoms with Crippen molar-refractivity contribution in [1.29, 1.82) is 0 Å². The highest BCUT2D eigenvalue weighted by Crippen LogP contribution is 2.24. The molecule has 2 atom stereocenters. The van der Waals surface area contributed by atoms with E-state index in [1.54, 1.807) is 0 Å². The highest BCUT2D eigenvalue weighted by Gasteiger charge is 2.28. The number of carbonyl (C=O) groups is 1. The molecule has 0 aromatic heterocycles. The lowest BCUT2D eigenvalue weighted by Gasteiger charge is -2.36. The van der Waals surface area contributed by atoms with Crippen LogP contribution >= 0.6 is 0 Å². The van der Waals surface area contributed by atoms with E-state index in [4.69, 9.17) is 5.73 Å². The second kappa shape index (κ2) is 5.86. The van der Waals surface area contributed by atoms with E-state index in [-0.39, 0.29) is 5.91 Å². The van der Waals surface area contributed by atoms with Crippen molar-refractivity contribution < 1.29 is 4.79 Å². The number of benzene rings is 2. The number of amides is 1. The molecule has 2 N–H and O–H groups in total. The Kier molecular flexibility index (Phi) is 3.93. The summed E-state index contributed by atoms with van der Waals surface area (Å²) in [7, 11) is 0. The zero-order valence-corrected chi connectivity index (χ0v) is 12.5. The molecule has 1 aliphatic heterocycles. The molecule has 3 nitrogen and oxygen atoms in total. The van der Waals surface area contributed by atoms with E-state index in [1.165, 1.54) is 5.39 Å². The molecule has 1 saturated heterocycles. The normalized spacial score (nSPS) is 22.5. The van der Waals surface area contributed by atoms with E-state index >= 15 is 0 Å². The number of nitrogens with two attached hydrogens (primary N) is 1. The highest BCUT2D eigenvalue weighted by atomic mass is 16.2. The van der Waals surface area contributed by atoms with Gasteiger partial charge in [-0.25, -0.2) is 0 Å². The van der Waals surface area contributed by atoms with Gasteiger partial charge >= 0.3 is 0 Å². The minimum Gasteiger partial charge on any atom is -0.338 e. The van der Waals surface area contributed by atoms with E-state index in [1.807, 2.05) is 41.3 Å². The molecule has 0 spiro atoms. The Balaban J connectivity index is 1.83. The molecule has 1 aliphatic rings. The van der Waals surface area contributed by atoms with Crippen LogP contribution in [0.5, 0.6) is 0 Å². The van der Waals surface area contributed by atoms with E-state index in [9.17, 15) is 4.79 Å². The van der Waals surface area contributed by atoms with Crippen molar-refractivity contribution in [3.8, 4) is 0 Å². The van der Waals surface area contributed by atoms with Gasteiger partial charge in [-0.15, -0.1) is 0 Å². The summed E-state index contributed by atoms with van der Waals surface area (Å²) in [5.41, 5.74) is 6.61. The first-order valence-corrected chi connectivity index (χ1v) is 7.67. The maximum atomic E-state index is 12.7. The van der Waals surface area contributed by atoms with Crippen molar-refractivity contribution in [2.75, 3.05) is 19.6 Å². The van der Waals surface area contributed by atoms with E-state index in [2.05, 4.69) is 13.0 Å². The Morgan fingerprint density at radius 3 is 2.76 bits per heavy atom. The Morgan fingerprint density at radius 2 is 2.00 bits per heavy atom. The zero-order valence-electron chi connectivity index (χ0n) is 12.5. The third-order valence-corrected chi connectivity index (χ3v) is 4.70. The van der Waals surface area contributed by atoms with Crippen LogP contribution in [-0.2, 0) is 0 Å². The van der Waals surface area contributed by atoms with Gasteiger partial charge in [0.2, 0.25) is 0 Å². The molecule has 21 heavy (non-hydrogen) atoms. The predicted molar refractivity (Wildman–Crippen MR) is 86.2 cm³/mol. The molecule has 1 fully saturated rings. The SMILES string of the molecule is CC1CCN(C(=O)c2ccc3ccccc3c2)CC1CN. The largest absolute Gasteiger partial charge is 0.338 e. The summed E-state index contributed by atoms with van der Waals surface area (Å²) in [5.74, 6) is 1.16. The monoisotopic (exact) mass is 282 g/mol. The van der Waals surface area contributed by atoms with Crippen LogP contribution in [0.25, 0.3) is 10.8 Å². The fraction of sp³-hybridized carbons (Fsp3) is 0.389. The minimum absolute atomic E-state index is 0.131. The highest BCUT2D eigenvalue weighted by molar-refractivity contribution is 5.98. The van der Waals surface area contributed by atoms with Crippen molar-refractivity contribution in [1.82, 2.24) is 4.90 Å². The molecule has 2 unspecified atom stereocenters. The van der Waals surface area contributed by atoms with Crippen molar-refractivity contribution in [2.24, 2.45) is 17.6 Å². The second-order valence-corrected chi connectivity index (χ2v) is 6.07. The Labute approximate surface area is 125 Å². The molecule has 3 rings (SSSR count). The maximum absolute atomic E-state index is 12.7. The number of hydrogen-bond donors (Lipinski definition) is 1. The van der Waals surface area contributed by atoms with Gasteiger partial charge in [-0.05, 0) is 47.7 Å². The van der Waals surface area contributed by atoms with Crippen molar-refractivity contribution in [2.45, 2.75) is 13.3 Å². The van der Waals surface area contributed by atoms with Crippen molar-refractivity contribution >= 4 is 16.7 Å². The third-order valence-electron chi connectivity index (χ3n) is 4.70. The first kappa shape index (κ1) is 14.1. The third kappa shape index (κ3) is 2.79. The Bertz CT molecular complexity index is 652. The molecular formula is C18H22N2O. The van der Waals surface area contributed by atoms with Gasteiger partial charge in [0.15, 0.2) is 0 Å². The van der Waals surface area contributed by atoms with Gasteiger partial charge in [0.05, 0.1) is 0 Å². The van der Waals surface area contributed by atoms with Gasteiger partial charge < -0.3 is 10.6 Å². The Morgan fingerprint density at radius 1 is 1.24 bits per heavy atom. The summed E-state index contributed by atoms with van der Waals surface area (Å²) in [5, 5.41) is 2.28. The Hall–Kier alpha value is -1.87. The van der Waals surface area contributed by atoms with Crippen LogP contribution in [0.4, 0.5) is 0 Å². The molecule has 3 heteroatoms. The maximum Gasteiger partial charge on any atom is 0.253 e. The average molecular weight is 282 g/mol. The number of rotatable bonds is 2. The van der Waals surface area contributed by atoms with Crippen LogP contribution in [0.15, 0.2) is 42.5 Å². The van der Waals surface area contributed by atoms with E-state index in [0.29, 0.717) is 18.4 Å². The first-order chi connectivity index (χ1) is 10.2. The smallest absolute Gasteiger partial charge is 0.253 e. The summed E-state index contributed by atoms with van der Waals surface area (Å²) < 4.78 is 0. The molecule has 0 saturated carbocycles. The van der Waals surface area contributed by atoms with Crippen molar-refractivity contribution in [3.05, 3.63) is 48.0 Å². The van der Waals surface area contributed by atoms with E-state index < -0.39 is 0 Å². The van der Waals surface area contributed by atoms with Crippen molar-refractivity contribution in [3.63, 3.8) is 0 Å². The topological polar surface area (TPSA) is 46.3 Å². The van der Waals surface area contributed by atoms with Gasteiger partial charge in [-0.1, -0.05) is 37.3 Å². The first-order valence-electron chi connectivity index (χ1n) is 7.67. The number of hydrogen-bond acceptors (Lipinski definition) is 2.